The predicted molar refractivity (Wildman–Crippen MR) is 103 cm³/mol. The van der Waals surface area contributed by atoms with Gasteiger partial charge < -0.3 is 10.1 Å². The Bertz CT molecular complexity index is 811. The van der Waals surface area contributed by atoms with Crippen LogP contribution in [0.1, 0.15) is 31.2 Å². The summed E-state index contributed by atoms with van der Waals surface area (Å²) in [6, 6.07) is 15.7. The van der Waals surface area contributed by atoms with Crippen molar-refractivity contribution in [3.05, 3.63) is 53.5 Å². The molecule has 5 heteroatoms. The Morgan fingerprint density at radius 3 is 2.80 bits per heavy atom. The third-order valence-electron chi connectivity index (χ3n) is 3.76. The second-order valence-electron chi connectivity index (χ2n) is 5.82. The van der Waals surface area contributed by atoms with Gasteiger partial charge in [-0.25, -0.2) is 4.98 Å². The number of thiazole rings is 1. The predicted octanol–water partition coefficient (Wildman–Crippen LogP) is 5.05. The van der Waals surface area contributed by atoms with Gasteiger partial charge in [0.1, 0.15) is 5.75 Å². The molecular formula is C20H22N2O2S. The van der Waals surface area contributed by atoms with Gasteiger partial charge in [0.25, 0.3) is 0 Å². The smallest absolute Gasteiger partial charge is 0.224 e. The van der Waals surface area contributed by atoms with Crippen LogP contribution in [0.3, 0.4) is 0 Å². The van der Waals surface area contributed by atoms with Gasteiger partial charge in [0, 0.05) is 6.42 Å². The Balaban J connectivity index is 1.51. The Morgan fingerprint density at radius 1 is 1.16 bits per heavy atom. The van der Waals surface area contributed by atoms with Gasteiger partial charge in [0.05, 0.1) is 27.5 Å². The highest BCUT2D eigenvalue weighted by atomic mass is 32.1. The van der Waals surface area contributed by atoms with Crippen LogP contribution in [0.2, 0.25) is 0 Å². The topological polar surface area (TPSA) is 51.2 Å². The minimum absolute atomic E-state index is 0.00802. The number of anilines is 1. The van der Waals surface area contributed by atoms with E-state index in [0.717, 1.165) is 41.2 Å². The van der Waals surface area contributed by atoms with Gasteiger partial charge in [-0.1, -0.05) is 31.2 Å². The van der Waals surface area contributed by atoms with Gasteiger partial charge in [-0.15, -0.1) is 11.3 Å². The zero-order valence-electron chi connectivity index (χ0n) is 14.3. The number of fused-ring (bicyclic) bond motifs is 1. The molecule has 0 bridgehead atoms. The van der Waals surface area contributed by atoms with Crippen molar-refractivity contribution in [2.24, 2.45) is 0 Å². The fourth-order valence-electron chi connectivity index (χ4n) is 2.55. The third kappa shape index (κ3) is 4.79. The average Bonchev–Trinajstić information content (AvgIpc) is 3.03. The molecule has 2 aromatic carbocycles. The van der Waals surface area contributed by atoms with E-state index in [-0.39, 0.29) is 5.91 Å². The molecule has 25 heavy (non-hydrogen) atoms. The number of benzene rings is 2. The first kappa shape index (κ1) is 17.4. The van der Waals surface area contributed by atoms with E-state index in [2.05, 4.69) is 23.3 Å². The van der Waals surface area contributed by atoms with Gasteiger partial charge in [-0.2, -0.15) is 0 Å². The summed E-state index contributed by atoms with van der Waals surface area (Å²) >= 11 is 1.70. The lowest BCUT2D eigenvalue weighted by atomic mass is 10.2. The highest BCUT2D eigenvalue weighted by Gasteiger charge is 2.09. The molecule has 130 valence electrons. The second kappa shape index (κ2) is 8.62. The van der Waals surface area contributed by atoms with Crippen LogP contribution in [0.25, 0.3) is 10.2 Å². The third-order valence-corrected chi connectivity index (χ3v) is 4.85. The first-order valence-corrected chi connectivity index (χ1v) is 9.44. The maximum Gasteiger partial charge on any atom is 0.224 e. The Kier molecular flexibility index (Phi) is 6.01. The fourth-order valence-corrected chi connectivity index (χ4v) is 3.56. The lowest BCUT2D eigenvalue weighted by Crippen LogP contribution is -2.12. The molecule has 0 spiro atoms. The van der Waals surface area contributed by atoms with Gasteiger partial charge in [-0.05, 0) is 43.5 Å². The molecule has 0 aliphatic rings. The molecule has 3 rings (SSSR count). The van der Waals surface area contributed by atoms with E-state index in [4.69, 9.17) is 4.74 Å². The van der Waals surface area contributed by atoms with Crippen molar-refractivity contribution < 1.29 is 9.53 Å². The van der Waals surface area contributed by atoms with Crippen LogP contribution in [-0.2, 0) is 11.2 Å². The number of aromatic nitrogens is 1. The standard InChI is InChI=1S/C20H22N2O2S/c1-2-14-24-17-10-5-3-8-15(17)21-19(23)12-7-13-20-22-16-9-4-6-11-18(16)25-20/h3-6,8-11H,2,7,12-14H2,1H3,(H,21,23). The molecule has 0 fully saturated rings. The monoisotopic (exact) mass is 354 g/mol. The summed E-state index contributed by atoms with van der Waals surface area (Å²) in [7, 11) is 0. The highest BCUT2D eigenvalue weighted by Crippen LogP contribution is 2.25. The van der Waals surface area contributed by atoms with E-state index in [1.54, 1.807) is 11.3 Å². The summed E-state index contributed by atoms with van der Waals surface area (Å²) in [4.78, 5) is 16.8. The number of nitrogens with zero attached hydrogens (tertiary/aromatic N) is 1. The summed E-state index contributed by atoms with van der Waals surface area (Å²) < 4.78 is 6.87. The summed E-state index contributed by atoms with van der Waals surface area (Å²) in [6.45, 7) is 2.70. The molecule has 0 aliphatic carbocycles. The van der Waals surface area contributed by atoms with Crippen molar-refractivity contribution in [1.82, 2.24) is 4.98 Å². The van der Waals surface area contributed by atoms with Crippen LogP contribution in [0, 0.1) is 0 Å². The van der Waals surface area contributed by atoms with Crippen molar-refractivity contribution >= 4 is 33.1 Å². The number of rotatable bonds is 8. The van der Waals surface area contributed by atoms with Crippen LogP contribution in [-0.4, -0.2) is 17.5 Å². The first-order chi connectivity index (χ1) is 12.3. The lowest BCUT2D eigenvalue weighted by Gasteiger charge is -2.11. The van der Waals surface area contributed by atoms with Crippen LogP contribution in [0.5, 0.6) is 5.75 Å². The van der Waals surface area contributed by atoms with E-state index in [1.807, 2.05) is 42.5 Å². The van der Waals surface area contributed by atoms with Crippen molar-refractivity contribution in [2.45, 2.75) is 32.6 Å². The molecule has 0 unspecified atom stereocenters. The lowest BCUT2D eigenvalue weighted by molar-refractivity contribution is -0.116. The van der Waals surface area contributed by atoms with Crippen LogP contribution >= 0.6 is 11.3 Å². The van der Waals surface area contributed by atoms with Gasteiger partial charge in [-0.3, -0.25) is 4.79 Å². The van der Waals surface area contributed by atoms with E-state index in [9.17, 15) is 4.79 Å². The number of carbonyl (C=O) groups is 1. The van der Waals surface area contributed by atoms with Crippen molar-refractivity contribution in [2.75, 3.05) is 11.9 Å². The van der Waals surface area contributed by atoms with E-state index in [1.165, 1.54) is 4.70 Å². The van der Waals surface area contributed by atoms with Gasteiger partial charge in [0.2, 0.25) is 5.91 Å². The Hall–Kier alpha value is -2.40. The number of hydrogen-bond acceptors (Lipinski definition) is 4. The highest BCUT2D eigenvalue weighted by molar-refractivity contribution is 7.18. The molecule has 0 saturated carbocycles. The van der Waals surface area contributed by atoms with Gasteiger partial charge >= 0.3 is 0 Å². The van der Waals surface area contributed by atoms with Crippen LogP contribution in [0.15, 0.2) is 48.5 Å². The van der Waals surface area contributed by atoms with E-state index in [0.29, 0.717) is 13.0 Å². The molecule has 0 aliphatic heterocycles. The maximum absolute atomic E-state index is 12.2. The van der Waals surface area contributed by atoms with Crippen LogP contribution in [0.4, 0.5) is 5.69 Å². The molecule has 1 heterocycles. The largest absolute Gasteiger partial charge is 0.491 e. The Labute approximate surface area is 151 Å². The van der Waals surface area contributed by atoms with Crippen molar-refractivity contribution in [3.63, 3.8) is 0 Å². The maximum atomic E-state index is 12.2. The molecule has 1 N–H and O–H groups in total. The molecule has 1 amide bonds. The summed E-state index contributed by atoms with van der Waals surface area (Å²) in [5, 5.41) is 4.04. The molecule has 0 saturated heterocycles. The molecule has 4 nitrogen and oxygen atoms in total. The first-order valence-electron chi connectivity index (χ1n) is 8.62. The van der Waals surface area contributed by atoms with E-state index >= 15 is 0 Å². The molecular weight excluding hydrogens is 332 g/mol. The normalized spacial score (nSPS) is 10.8. The number of carbonyl (C=O) groups excluding carboxylic acids is 1. The zero-order chi connectivity index (χ0) is 17.5. The van der Waals surface area contributed by atoms with Crippen LogP contribution < -0.4 is 10.1 Å². The number of aryl methyl sites for hydroxylation is 1. The van der Waals surface area contributed by atoms with Gasteiger partial charge in [0.15, 0.2) is 0 Å². The average molecular weight is 354 g/mol. The number of hydrogen-bond donors (Lipinski definition) is 1. The second-order valence-corrected chi connectivity index (χ2v) is 6.94. The number of nitrogens with one attached hydrogen (secondary N) is 1. The minimum Gasteiger partial charge on any atom is -0.491 e. The fraction of sp³-hybridized carbons (Fsp3) is 0.300. The summed E-state index contributed by atoms with van der Waals surface area (Å²) in [6.07, 6.45) is 3.01. The summed E-state index contributed by atoms with van der Waals surface area (Å²) in [5.41, 5.74) is 1.77. The Morgan fingerprint density at radius 2 is 1.96 bits per heavy atom. The number of amides is 1. The molecule has 0 atom stereocenters. The van der Waals surface area contributed by atoms with E-state index < -0.39 is 0 Å². The zero-order valence-corrected chi connectivity index (χ0v) is 15.1. The van der Waals surface area contributed by atoms with Crippen molar-refractivity contribution in [3.8, 4) is 5.75 Å². The quantitative estimate of drug-likeness (QED) is 0.616. The SMILES string of the molecule is CCCOc1ccccc1NC(=O)CCCc1nc2ccccc2s1. The number of ether oxygens (including phenoxy) is 1. The van der Waals surface area contributed by atoms with Crippen molar-refractivity contribution in [1.29, 1.82) is 0 Å². The summed E-state index contributed by atoms with van der Waals surface area (Å²) in [5.74, 6) is 0.734. The molecule has 3 aromatic rings. The molecule has 0 radical (unpaired) electrons. The number of para-hydroxylation sites is 3. The minimum atomic E-state index is 0.00802. The molecule has 1 aromatic heterocycles.